The molecule has 0 aliphatic carbocycles. The predicted octanol–water partition coefficient (Wildman–Crippen LogP) is 3.57. The lowest BCUT2D eigenvalue weighted by atomic mass is 10.1. The number of nitrogens with one attached hydrogen (secondary N) is 1. The van der Waals surface area contributed by atoms with Crippen molar-refractivity contribution < 1.29 is 4.42 Å². The van der Waals surface area contributed by atoms with Crippen molar-refractivity contribution in [2.24, 2.45) is 5.92 Å². The second kappa shape index (κ2) is 8.39. The van der Waals surface area contributed by atoms with E-state index in [1.807, 2.05) is 0 Å². The van der Waals surface area contributed by atoms with E-state index >= 15 is 0 Å². The van der Waals surface area contributed by atoms with Crippen molar-refractivity contribution in [3.05, 3.63) is 23.2 Å². The molecule has 1 heterocycles. The summed E-state index contributed by atoms with van der Waals surface area (Å²) in [6.45, 7) is 12.8. The van der Waals surface area contributed by atoms with Crippen LogP contribution in [0.15, 0.2) is 10.5 Å². The molecule has 1 aromatic heterocycles. The van der Waals surface area contributed by atoms with Crippen molar-refractivity contribution in [2.45, 2.75) is 53.6 Å². The second-order valence-corrected chi connectivity index (χ2v) is 5.92. The summed E-state index contributed by atoms with van der Waals surface area (Å²) >= 11 is 0. The van der Waals surface area contributed by atoms with Crippen LogP contribution in [0.4, 0.5) is 0 Å². The second-order valence-electron chi connectivity index (χ2n) is 5.92. The van der Waals surface area contributed by atoms with Gasteiger partial charge in [0.15, 0.2) is 0 Å². The fourth-order valence-electron chi connectivity index (χ4n) is 2.05. The number of hydrogen-bond donors (Lipinski definition) is 1. The van der Waals surface area contributed by atoms with Crippen LogP contribution < -0.4 is 5.32 Å². The molecule has 0 spiro atoms. The SMILES string of the molecule is CCCNCc1oc(CN(C)CCC(C)C)cc1C. The van der Waals surface area contributed by atoms with Crippen molar-refractivity contribution in [1.82, 2.24) is 10.2 Å². The maximum Gasteiger partial charge on any atom is 0.120 e. The molecule has 3 heteroatoms. The van der Waals surface area contributed by atoms with Crippen molar-refractivity contribution in [3.63, 3.8) is 0 Å². The molecule has 0 aromatic carbocycles. The van der Waals surface area contributed by atoms with Gasteiger partial charge in [-0.25, -0.2) is 0 Å². The maximum atomic E-state index is 5.93. The molecule has 0 fully saturated rings. The summed E-state index contributed by atoms with van der Waals surface area (Å²) in [5.41, 5.74) is 1.26. The summed E-state index contributed by atoms with van der Waals surface area (Å²) in [6, 6.07) is 2.18. The number of nitrogens with zero attached hydrogens (tertiary/aromatic N) is 1. The highest BCUT2D eigenvalue weighted by atomic mass is 16.3. The van der Waals surface area contributed by atoms with Gasteiger partial charge in [0.25, 0.3) is 0 Å². The van der Waals surface area contributed by atoms with Crippen molar-refractivity contribution in [1.29, 1.82) is 0 Å². The van der Waals surface area contributed by atoms with Gasteiger partial charge in [-0.05, 0) is 57.5 Å². The Morgan fingerprint density at radius 3 is 2.74 bits per heavy atom. The Morgan fingerprint density at radius 1 is 1.37 bits per heavy atom. The number of furan rings is 1. The van der Waals surface area contributed by atoms with E-state index in [4.69, 9.17) is 4.42 Å². The third-order valence-electron chi connectivity index (χ3n) is 3.30. The van der Waals surface area contributed by atoms with Gasteiger partial charge >= 0.3 is 0 Å². The van der Waals surface area contributed by atoms with Gasteiger partial charge in [0, 0.05) is 0 Å². The molecule has 0 unspecified atom stereocenters. The van der Waals surface area contributed by atoms with Gasteiger partial charge < -0.3 is 9.73 Å². The molecule has 0 bridgehead atoms. The van der Waals surface area contributed by atoms with Crippen molar-refractivity contribution in [3.8, 4) is 0 Å². The largest absolute Gasteiger partial charge is 0.463 e. The number of aryl methyl sites for hydroxylation is 1. The minimum absolute atomic E-state index is 0.759. The first-order valence-corrected chi connectivity index (χ1v) is 7.50. The molecule has 1 aromatic rings. The maximum absolute atomic E-state index is 5.93. The Labute approximate surface area is 118 Å². The van der Waals surface area contributed by atoms with Gasteiger partial charge in [-0.3, -0.25) is 4.90 Å². The van der Waals surface area contributed by atoms with Crippen molar-refractivity contribution in [2.75, 3.05) is 20.1 Å². The summed E-state index contributed by atoms with van der Waals surface area (Å²) < 4.78 is 5.93. The summed E-state index contributed by atoms with van der Waals surface area (Å²) in [4.78, 5) is 2.33. The monoisotopic (exact) mass is 266 g/mol. The molecular weight excluding hydrogens is 236 g/mol. The summed E-state index contributed by atoms with van der Waals surface area (Å²) in [5.74, 6) is 2.92. The van der Waals surface area contributed by atoms with Gasteiger partial charge in [-0.1, -0.05) is 20.8 Å². The molecule has 1 N–H and O–H groups in total. The van der Waals surface area contributed by atoms with Crippen LogP contribution in [0.25, 0.3) is 0 Å². The Balaban J connectivity index is 2.43. The van der Waals surface area contributed by atoms with Crippen LogP contribution in [0.3, 0.4) is 0 Å². The lowest BCUT2D eigenvalue weighted by molar-refractivity contribution is 0.273. The van der Waals surface area contributed by atoms with Crippen LogP contribution in [0.5, 0.6) is 0 Å². The van der Waals surface area contributed by atoms with Crippen LogP contribution in [-0.2, 0) is 13.1 Å². The predicted molar refractivity (Wildman–Crippen MR) is 81.2 cm³/mol. The van der Waals surface area contributed by atoms with E-state index in [9.17, 15) is 0 Å². The van der Waals surface area contributed by atoms with E-state index in [-0.39, 0.29) is 0 Å². The Bertz CT molecular complexity index is 358. The fraction of sp³-hybridized carbons (Fsp3) is 0.750. The summed E-state index contributed by atoms with van der Waals surface area (Å²) in [5, 5.41) is 3.39. The lowest BCUT2D eigenvalue weighted by Gasteiger charge is -2.16. The minimum Gasteiger partial charge on any atom is -0.463 e. The van der Waals surface area contributed by atoms with E-state index < -0.39 is 0 Å². The first-order valence-electron chi connectivity index (χ1n) is 7.50. The average Bonchev–Trinajstić information content (AvgIpc) is 2.67. The smallest absolute Gasteiger partial charge is 0.120 e. The third kappa shape index (κ3) is 6.26. The average molecular weight is 266 g/mol. The molecule has 0 atom stereocenters. The van der Waals surface area contributed by atoms with Gasteiger partial charge in [-0.2, -0.15) is 0 Å². The van der Waals surface area contributed by atoms with Crippen LogP contribution in [0.2, 0.25) is 0 Å². The molecule has 0 radical (unpaired) electrons. The summed E-state index contributed by atoms with van der Waals surface area (Å²) in [6.07, 6.45) is 2.39. The minimum atomic E-state index is 0.759. The number of rotatable bonds is 9. The number of hydrogen-bond acceptors (Lipinski definition) is 3. The first-order chi connectivity index (χ1) is 9.02. The normalized spacial score (nSPS) is 11.7. The fourth-order valence-corrected chi connectivity index (χ4v) is 2.05. The van der Waals surface area contributed by atoms with Gasteiger partial charge in [-0.15, -0.1) is 0 Å². The van der Waals surface area contributed by atoms with Crippen LogP contribution in [0.1, 0.15) is 50.7 Å². The van der Waals surface area contributed by atoms with Gasteiger partial charge in [0.1, 0.15) is 11.5 Å². The van der Waals surface area contributed by atoms with Gasteiger partial charge in [0.2, 0.25) is 0 Å². The van der Waals surface area contributed by atoms with Crippen LogP contribution in [-0.4, -0.2) is 25.0 Å². The summed E-state index contributed by atoms with van der Waals surface area (Å²) in [7, 11) is 2.16. The van der Waals surface area contributed by atoms with Crippen LogP contribution >= 0.6 is 0 Å². The quantitative estimate of drug-likeness (QED) is 0.693. The van der Waals surface area contributed by atoms with E-state index in [0.29, 0.717) is 0 Å². The molecule has 0 aliphatic rings. The van der Waals surface area contributed by atoms with Gasteiger partial charge in [0.05, 0.1) is 13.1 Å². The zero-order chi connectivity index (χ0) is 14.3. The molecule has 0 saturated carbocycles. The molecule has 19 heavy (non-hydrogen) atoms. The third-order valence-corrected chi connectivity index (χ3v) is 3.30. The molecular formula is C16H30N2O. The standard InChI is InChI=1S/C16H30N2O/c1-6-8-17-11-16-14(4)10-15(19-16)12-18(5)9-7-13(2)3/h10,13,17H,6-9,11-12H2,1-5H3. The molecule has 0 saturated heterocycles. The highest BCUT2D eigenvalue weighted by Gasteiger charge is 2.09. The van der Waals surface area contributed by atoms with E-state index in [1.165, 1.54) is 12.0 Å². The molecule has 110 valence electrons. The lowest BCUT2D eigenvalue weighted by Crippen LogP contribution is -2.20. The van der Waals surface area contributed by atoms with E-state index in [2.05, 4.69) is 51.0 Å². The zero-order valence-electron chi connectivity index (χ0n) is 13.3. The van der Waals surface area contributed by atoms with E-state index in [0.717, 1.165) is 50.0 Å². The molecule has 3 nitrogen and oxygen atoms in total. The first kappa shape index (κ1) is 16.3. The molecule has 1 rings (SSSR count). The Morgan fingerprint density at radius 2 is 2.11 bits per heavy atom. The van der Waals surface area contributed by atoms with E-state index in [1.54, 1.807) is 0 Å². The Hall–Kier alpha value is -0.800. The highest BCUT2D eigenvalue weighted by molar-refractivity contribution is 5.20. The topological polar surface area (TPSA) is 28.4 Å². The molecule has 0 amide bonds. The zero-order valence-corrected chi connectivity index (χ0v) is 13.3. The molecule has 0 aliphatic heterocycles. The van der Waals surface area contributed by atoms with Crippen molar-refractivity contribution >= 4 is 0 Å². The van der Waals surface area contributed by atoms with Crippen LogP contribution in [0, 0.1) is 12.8 Å². The Kier molecular flexibility index (Phi) is 7.17. The highest BCUT2D eigenvalue weighted by Crippen LogP contribution is 2.16.